The van der Waals surface area contributed by atoms with E-state index in [0.717, 1.165) is 12.1 Å². The molecule has 0 aliphatic heterocycles. The van der Waals surface area contributed by atoms with Gasteiger partial charge in [0, 0.05) is 12.6 Å². The maximum Gasteiger partial charge on any atom is 0.0650 e. The lowest BCUT2D eigenvalue weighted by atomic mass is 9.96. The average Bonchev–Trinajstić information content (AvgIpc) is 3.12. The molecule has 3 rings (SSSR count). The zero-order valence-corrected chi connectivity index (χ0v) is 10.4. The average molecular weight is 234 g/mol. The van der Waals surface area contributed by atoms with E-state index in [1.165, 1.54) is 44.9 Å². The minimum Gasteiger partial charge on any atom is -0.392 e. The first kappa shape index (κ1) is 11.3. The second kappa shape index (κ2) is 4.81. The van der Waals surface area contributed by atoms with Crippen LogP contribution in [0.1, 0.15) is 56.7 Å². The predicted molar refractivity (Wildman–Crippen MR) is 66.8 cm³/mol. The van der Waals surface area contributed by atoms with Gasteiger partial charge in [0.05, 0.1) is 17.8 Å². The van der Waals surface area contributed by atoms with Crippen LogP contribution in [0.4, 0.5) is 0 Å². The second-order valence-corrected chi connectivity index (χ2v) is 5.69. The molecule has 17 heavy (non-hydrogen) atoms. The van der Waals surface area contributed by atoms with Gasteiger partial charge in [0.15, 0.2) is 0 Å². The van der Waals surface area contributed by atoms with Gasteiger partial charge in [-0.05, 0) is 37.7 Å². The van der Waals surface area contributed by atoms with Crippen molar-refractivity contribution in [3.8, 4) is 0 Å². The van der Waals surface area contributed by atoms with Gasteiger partial charge in [-0.3, -0.25) is 4.68 Å². The van der Waals surface area contributed by atoms with Crippen LogP contribution in [0.25, 0.3) is 0 Å². The van der Waals surface area contributed by atoms with Crippen molar-refractivity contribution in [1.82, 2.24) is 9.78 Å². The first-order valence-electron chi connectivity index (χ1n) is 7.05. The summed E-state index contributed by atoms with van der Waals surface area (Å²) in [5.41, 5.74) is 1.06. The fourth-order valence-corrected chi connectivity index (χ4v) is 2.90. The minimum atomic E-state index is -0.162. The van der Waals surface area contributed by atoms with Crippen molar-refractivity contribution < 1.29 is 5.11 Å². The van der Waals surface area contributed by atoms with Crippen LogP contribution in [0.3, 0.4) is 0 Å². The summed E-state index contributed by atoms with van der Waals surface area (Å²) in [6.45, 7) is 0. The van der Waals surface area contributed by atoms with Crippen LogP contribution in [0.15, 0.2) is 12.3 Å². The van der Waals surface area contributed by atoms with Crippen molar-refractivity contribution in [2.75, 3.05) is 0 Å². The van der Waals surface area contributed by atoms with Crippen LogP contribution < -0.4 is 0 Å². The molecular formula is C14H22N2O. The van der Waals surface area contributed by atoms with E-state index in [1.54, 1.807) is 0 Å². The SMILES string of the molecule is OC(Cc1ccn(C2CCCCC2)n1)C1CC1. The highest BCUT2D eigenvalue weighted by atomic mass is 16.3. The molecule has 3 heteroatoms. The molecule has 94 valence electrons. The van der Waals surface area contributed by atoms with Gasteiger partial charge in [-0.15, -0.1) is 0 Å². The summed E-state index contributed by atoms with van der Waals surface area (Å²) in [6, 6.07) is 2.69. The maximum atomic E-state index is 9.91. The van der Waals surface area contributed by atoms with E-state index < -0.39 is 0 Å². The molecule has 1 heterocycles. The topological polar surface area (TPSA) is 38.0 Å². The highest BCUT2D eigenvalue weighted by Gasteiger charge is 2.30. The Morgan fingerprint density at radius 2 is 2.00 bits per heavy atom. The smallest absolute Gasteiger partial charge is 0.0650 e. The van der Waals surface area contributed by atoms with Crippen molar-refractivity contribution in [1.29, 1.82) is 0 Å². The van der Waals surface area contributed by atoms with Crippen LogP contribution in [0.5, 0.6) is 0 Å². The fraction of sp³-hybridized carbons (Fsp3) is 0.786. The summed E-state index contributed by atoms with van der Waals surface area (Å²) in [5, 5.41) is 14.6. The van der Waals surface area contributed by atoms with E-state index in [9.17, 15) is 5.11 Å². The van der Waals surface area contributed by atoms with Crippen LogP contribution >= 0.6 is 0 Å². The predicted octanol–water partition coefficient (Wildman–Crippen LogP) is 2.70. The lowest BCUT2D eigenvalue weighted by molar-refractivity contribution is 0.150. The fourth-order valence-electron chi connectivity index (χ4n) is 2.90. The number of aliphatic hydroxyl groups is 1. The van der Waals surface area contributed by atoms with Gasteiger partial charge in [-0.25, -0.2) is 0 Å². The molecular weight excluding hydrogens is 212 g/mol. The Balaban J connectivity index is 1.60. The molecule has 1 atom stereocenters. The lowest BCUT2D eigenvalue weighted by Crippen LogP contribution is -2.16. The Hall–Kier alpha value is -0.830. The summed E-state index contributed by atoms with van der Waals surface area (Å²) in [7, 11) is 0. The van der Waals surface area contributed by atoms with Gasteiger partial charge < -0.3 is 5.11 Å². The van der Waals surface area contributed by atoms with Crippen LogP contribution in [-0.2, 0) is 6.42 Å². The van der Waals surface area contributed by atoms with E-state index in [1.807, 2.05) is 0 Å². The second-order valence-electron chi connectivity index (χ2n) is 5.69. The third-order valence-corrected chi connectivity index (χ3v) is 4.20. The Labute approximate surface area is 103 Å². The molecule has 1 N–H and O–H groups in total. The lowest BCUT2D eigenvalue weighted by Gasteiger charge is -2.21. The number of aromatic nitrogens is 2. The van der Waals surface area contributed by atoms with Gasteiger partial charge in [-0.2, -0.15) is 5.10 Å². The van der Waals surface area contributed by atoms with E-state index in [0.29, 0.717) is 12.0 Å². The number of hydrogen-bond donors (Lipinski definition) is 1. The first-order chi connectivity index (χ1) is 8.33. The Bertz CT molecular complexity index is 364. The highest BCUT2D eigenvalue weighted by Crippen LogP contribution is 2.34. The number of hydrogen-bond acceptors (Lipinski definition) is 2. The molecule has 0 aromatic carbocycles. The molecule has 0 radical (unpaired) electrons. The van der Waals surface area contributed by atoms with Crippen molar-refractivity contribution >= 4 is 0 Å². The molecule has 0 spiro atoms. The molecule has 1 unspecified atom stereocenters. The Morgan fingerprint density at radius 3 is 2.71 bits per heavy atom. The molecule has 2 aliphatic carbocycles. The van der Waals surface area contributed by atoms with Gasteiger partial charge in [0.25, 0.3) is 0 Å². The summed E-state index contributed by atoms with van der Waals surface area (Å²) in [5.74, 6) is 0.551. The van der Waals surface area contributed by atoms with E-state index >= 15 is 0 Å². The molecule has 2 aliphatic rings. The zero-order chi connectivity index (χ0) is 11.7. The summed E-state index contributed by atoms with van der Waals surface area (Å²) < 4.78 is 2.13. The molecule has 2 saturated carbocycles. The van der Waals surface area contributed by atoms with Crippen LogP contribution in [0, 0.1) is 5.92 Å². The molecule has 2 fully saturated rings. The number of rotatable bonds is 4. The molecule has 1 aromatic rings. The third-order valence-electron chi connectivity index (χ3n) is 4.20. The van der Waals surface area contributed by atoms with Gasteiger partial charge in [-0.1, -0.05) is 19.3 Å². The van der Waals surface area contributed by atoms with Gasteiger partial charge in [0.1, 0.15) is 0 Å². The van der Waals surface area contributed by atoms with Gasteiger partial charge >= 0.3 is 0 Å². The Morgan fingerprint density at radius 1 is 1.24 bits per heavy atom. The van der Waals surface area contributed by atoms with E-state index in [2.05, 4.69) is 22.0 Å². The van der Waals surface area contributed by atoms with Gasteiger partial charge in [0.2, 0.25) is 0 Å². The number of nitrogens with zero attached hydrogens (tertiary/aromatic N) is 2. The zero-order valence-electron chi connectivity index (χ0n) is 10.4. The monoisotopic (exact) mass is 234 g/mol. The maximum absolute atomic E-state index is 9.91. The van der Waals surface area contributed by atoms with Crippen molar-refractivity contribution in [3.63, 3.8) is 0 Å². The minimum absolute atomic E-state index is 0.162. The standard InChI is InChI=1S/C14H22N2O/c17-14(11-6-7-11)10-12-8-9-16(15-12)13-4-2-1-3-5-13/h8-9,11,13-14,17H,1-7,10H2. The quantitative estimate of drug-likeness (QED) is 0.869. The molecule has 3 nitrogen and oxygen atoms in total. The van der Waals surface area contributed by atoms with E-state index in [-0.39, 0.29) is 6.10 Å². The van der Waals surface area contributed by atoms with E-state index in [4.69, 9.17) is 0 Å². The molecule has 0 amide bonds. The van der Waals surface area contributed by atoms with Crippen LogP contribution in [0.2, 0.25) is 0 Å². The molecule has 1 aromatic heterocycles. The highest BCUT2D eigenvalue weighted by molar-refractivity contribution is 5.03. The summed E-state index contributed by atoms with van der Waals surface area (Å²) in [4.78, 5) is 0. The Kier molecular flexibility index (Phi) is 3.19. The summed E-state index contributed by atoms with van der Waals surface area (Å²) >= 11 is 0. The number of aliphatic hydroxyl groups excluding tert-OH is 1. The molecule has 0 bridgehead atoms. The van der Waals surface area contributed by atoms with Crippen LogP contribution in [-0.4, -0.2) is 21.0 Å². The van der Waals surface area contributed by atoms with Crippen molar-refractivity contribution in [2.45, 2.75) is 63.5 Å². The van der Waals surface area contributed by atoms with Crippen molar-refractivity contribution in [3.05, 3.63) is 18.0 Å². The third kappa shape index (κ3) is 2.71. The largest absolute Gasteiger partial charge is 0.392 e. The summed E-state index contributed by atoms with van der Waals surface area (Å²) in [6.07, 6.45) is 11.7. The molecule has 0 saturated heterocycles. The van der Waals surface area contributed by atoms with Crippen molar-refractivity contribution in [2.24, 2.45) is 5.92 Å². The first-order valence-corrected chi connectivity index (χ1v) is 7.05. The normalized spacial score (nSPS) is 23.8.